The van der Waals surface area contributed by atoms with Gasteiger partial charge in [-0.3, -0.25) is 0 Å². The molecule has 0 aromatic rings. The van der Waals surface area contributed by atoms with Crippen LogP contribution in [0.1, 0.15) is 20.3 Å². The fourth-order valence-corrected chi connectivity index (χ4v) is 1.34. The number of hydrogen-bond donors (Lipinski definition) is 3. The zero-order valence-electron chi connectivity index (χ0n) is 9.92. The second-order valence-electron chi connectivity index (χ2n) is 4.38. The van der Waals surface area contributed by atoms with Crippen molar-refractivity contribution in [2.45, 2.75) is 32.5 Å². The van der Waals surface area contributed by atoms with Gasteiger partial charge in [0, 0.05) is 6.61 Å². The van der Waals surface area contributed by atoms with Crippen LogP contribution >= 0.6 is 0 Å². The maximum atomic E-state index is 10.9. The van der Waals surface area contributed by atoms with Crippen LogP contribution in [0, 0.1) is 5.92 Å². The van der Waals surface area contributed by atoms with Crippen molar-refractivity contribution >= 4 is 5.97 Å². The molecule has 0 saturated carbocycles. The highest BCUT2D eigenvalue weighted by molar-refractivity contribution is 5.89. The number of aliphatic hydroxyl groups is 3. The second kappa shape index (κ2) is 5.88. The molecule has 1 heterocycles. The molecule has 1 aliphatic rings. The summed E-state index contributed by atoms with van der Waals surface area (Å²) in [6, 6.07) is 0. The molecule has 17 heavy (non-hydrogen) atoms. The standard InChI is InChI=1S/C11H18O6/c1-6(2)3-4-16-5-7(12)10-8(13)9(14)11(15)17-10/h6-7,10,12-14H,3-5H2,1-2H3/t7-,10-/m1/s1. The van der Waals surface area contributed by atoms with E-state index in [1.807, 2.05) is 13.8 Å². The molecule has 0 aromatic heterocycles. The molecule has 3 N–H and O–H groups in total. The molecule has 0 aromatic carbocycles. The number of aliphatic hydroxyl groups excluding tert-OH is 3. The number of carbonyl (C=O) groups excluding carboxylic acids is 1. The van der Waals surface area contributed by atoms with Crippen LogP contribution in [0.2, 0.25) is 0 Å². The fraction of sp³-hybridized carbons (Fsp3) is 0.727. The van der Waals surface area contributed by atoms with Gasteiger partial charge < -0.3 is 24.8 Å². The van der Waals surface area contributed by atoms with Crippen molar-refractivity contribution in [2.75, 3.05) is 13.2 Å². The van der Waals surface area contributed by atoms with Gasteiger partial charge in [-0.25, -0.2) is 4.79 Å². The SMILES string of the molecule is CC(C)CCOC[C@@H](O)[C@H]1OC(=O)C(O)=C1O. The molecular weight excluding hydrogens is 228 g/mol. The molecule has 0 saturated heterocycles. The molecule has 2 atom stereocenters. The number of ether oxygens (including phenoxy) is 2. The van der Waals surface area contributed by atoms with Gasteiger partial charge in [-0.1, -0.05) is 13.8 Å². The van der Waals surface area contributed by atoms with Crippen LogP contribution < -0.4 is 0 Å². The van der Waals surface area contributed by atoms with Gasteiger partial charge in [0.05, 0.1) is 6.61 Å². The first-order chi connectivity index (χ1) is 7.93. The van der Waals surface area contributed by atoms with Crippen molar-refractivity contribution in [1.82, 2.24) is 0 Å². The summed E-state index contributed by atoms with van der Waals surface area (Å²) in [4.78, 5) is 10.9. The van der Waals surface area contributed by atoms with E-state index in [0.717, 1.165) is 6.42 Å². The quantitative estimate of drug-likeness (QED) is 0.470. The van der Waals surface area contributed by atoms with Gasteiger partial charge in [0.1, 0.15) is 6.10 Å². The van der Waals surface area contributed by atoms with Gasteiger partial charge in [-0.2, -0.15) is 0 Å². The topological polar surface area (TPSA) is 96.2 Å². The predicted octanol–water partition coefficient (Wildman–Crippen LogP) is 0.663. The van der Waals surface area contributed by atoms with E-state index in [4.69, 9.17) is 9.84 Å². The molecule has 0 radical (unpaired) electrons. The summed E-state index contributed by atoms with van der Waals surface area (Å²) in [6.07, 6.45) is -1.57. The maximum absolute atomic E-state index is 10.9. The fourth-order valence-electron chi connectivity index (χ4n) is 1.34. The minimum Gasteiger partial charge on any atom is -0.505 e. The number of cyclic esters (lactones) is 1. The Morgan fingerprint density at radius 1 is 1.41 bits per heavy atom. The minimum absolute atomic E-state index is 0.0675. The van der Waals surface area contributed by atoms with Gasteiger partial charge in [0.25, 0.3) is 0 Å². The monoisotopic (exact) mass is 246 g/mol. The zero-order chi connectivity index (χ0) is 13.0. The van der Waals surface area contributed by atoms with Gasteiger partial charge in [-0.15, -0.1) is 0 Å². The highest BCUT2D eigenvalue weighted by Gasteiger charge is 2.39. The summed E-state index contributed by atoms with van der Waals surface area (Å²) < 4.78 is 9.76. The third-order valence-corrected chi connectivity index (χ3v) is 2.42. The van der Waals surface area contributed by atoms with E-state index in [9.17, 15) is 15.0 Å². The van der Waals surface area contributed by atoms with Gasteiger partial charge in [0.15, 0.2) is 11.9 Å². The lowest BCUT2D eigenvalue weighted by molar-refractivity contribution is -0.148. The highest BCUT2D eigenvalue weighted by Crippen LogP contribution is 2.21. The largest absolute Gasteiger partial charge is 0.505 e. The van der Waals surface area contributed by atoms with Crippen LogP contribution in [-0.4, -0.2) is 46.7 Å². The molecule has 0 spiro atoms. The van der Waals surface area contributed by atoms with E-state index in [2.05, 4.69) is 4.74 Å². The van der Waals surface area contributed by atoms with Crippen molar-refractivity contribution < 1.29 is 29.6 Å². The maximum Gasteiger partial charge on any atom is 0.377 e. The Balaban J connectivity index is 2.34. The first-order valence-corrected chi connectivity index (χ1v) is 5.52. The predicted molar refractivity (Wildman–Crippen MR) is 58.4 cm³/mol. The van der Waals surface area contributed by atoms with Crippen LogP contribution in [0.3, 0.4) is 0 Å². The van der Waals surface area contributed by atoms with Crippen molar-refractivity contribution in [3.8, 4) is 0 Å². The number of hydrogen-bond acceptors (Lipinski definition) is 6. The summed E-state index contributed by atoms with van der Waals surface area (Å²) >= 11 is 0. The molecule has 0 amide bonds. The average molecular weight is 246 g/mol. The third kappa shape index (κ3) is 3.61. The van der Waals surface area contributed by atoms with Gasteiger partial charge in [-0.05, 0) is 12.3 Å². The zero-order valence-corrected chi connectivity index (χ0v) is 9.92. The first kappa shape index (κ1) is 13.8. The molecule has 1 aliphatic heterocycles. The summed E-state index contributed by atoms with van der Waals surface area (Å²) in [7, 11) is 0. The molecule has 1 rings (SSSR count). The van der Waals surface area contributed by atoms with Crippen molar-refractivity contribution in [1.29, 1.82) is 0 Å². The van der Waals surface area contributed by atoms with Crippen LogP contribution in [0.25, 0.3) is 0 Å². The lowest BCUT2D eigenvalue weighted by atomic mass is 10.1. The van der Waals surface area contributed by atoms with E-state index in [1.54, 1.807) is 0 Å². The third-order valence-electron chi connectivity index (χ3n) is 2.42. The highest BCUT2D eigenvalue weighted by atomic mass is 16.6. The van der Waals surface area contributed by atoms with Crippen molar-refractivity contribution in [3.05, 3.63) is 11.5 Å². The van der Waals surface area contributed by atoms with E-state index in [0.29, 0.717) is 12.5 Å². The Labute approximate surface area is 99.5 Å². The number of rotatable bonds is 6. The molecule has 0 unspecified atom stereocenters. The van der Waals surface area contributed by atoms with E-state index in [1.165, 1.54) is 0 Å². The lowest BCUT2D eigenvalue weighted by Gasteiger charge is -2.17. The second-order valence-corrected chi connectivity index (χ2v) is 4.38. The Kier molecular flexibility index (Phi) is 4.77. The molecule has 0 aliphatic carbocycles. The van der Waals surface area contributed by atoms with Crippen LogP contribution in [-0.2, 0) is 14.3 Å². The summed E-state index contributed by atoms with van der Waals surface area (Å²) in [6.45, 7) is 4.50. The normalized spacial score (nSPS) is 22.1. The Morgan fingerprint density at radius 3 is 2.53 bits per heavy atom. The summed E-state index contributed by atoms with van der Waals surface area (Å²) in [5.74, 6) is -2.03. The van der Waals surface area contributed by atoms with E-state index in [-0.39, 0.29) is 6.61 Å². The average Bonchev–Trinajstić information content (AvgIpc) is 2.52. The number of carbonyl (C=O) groups is 1. The Bertz CT molecular complexity index is 309. The van der Waals surface area contributed by atoms with E-state index >= 15 is 0 Å². The lowest BCUT2D eigenvalue weighted by Crippen LogP contribution is -2.33. The van der Waals surface area contributed by atoms with Gasteiger partial charge >= 0.3 is 5.97 Å². The van der Waals surface area contributed by atoms with Crippen LogP contribution in [0.15, 0.2) is 11.5 Å². The van der Waals surface area contributed by atoms with Crippen molar-refractivity contribution in [3.63, 3.8) is 0 Å². The first-order valence-electron chi connectivity index (χ1n) is 5.52. The molecule has 0 bridgehead atoms. The minimum atomic E-state index is -1.23. The summed E-state index contributed by atoms with van der Waals surface area (Å²) in [5.41, 5.74) is 0. The van der Waals surface area contributed by atoms with Gasteiger partial charge in [0.2, 0.25) is 5.76 Å². The molecular formula is C11H18O6. The van der Waals surface area contributed by atoms with Crippen molar-refractivity contribution in [2.24, 2.45) is 5.92 Å². The van der Waals surface area contributed by atoms with Crippen LogP contribution in [0.4, 0.5) is 0 Å². The summed E-state index contributed by atoms with van der Waals surface area (Å²) in [5, 5.41) is 28.0. The molecule has 98 valence electrons. The Hall–Kier alpha value is -1.27. The molecule has 6 nitrogen and oxygen atoms in total. The van der Waals surface area contributed by atoms with E-state index < -0.39 is 29.7 Å². The number of esters is 1. The van der Waals surface area contributed by atoms with Crippen LogP contribution in [0.5, 0.6) is 0 Å². The molecule has 0 fully saturated rings. The molecule has 6 heteroatoms. The smallest absolute Gasteiger partial charge is 0.377 e. The Morgan fingerprint density at radius 2 is 2.06 bits per heavy atom.